The van der Waals surface area contributed by atoms with Gasteiger partial charge in [-0.3, -0.25) is 15.1 Å². The van der Waals surface area contributed by atoms with Gasteiger partial charge in [0.1, 0.15) is 11.6 Å². The Morgan fingerprint density at radius 1 is 1.42 bits per heavy atom. The molecule has 1 aliphatic rings. The Morgan fingerprint density at radius 3 is 2.88 bits per heavy atom. The van der Waals surface area contributed by atoms with E-state index in [2.05, 4.69) is 10.2 Å². The molecule has 26 heavy (non-hydrogen) atoms. The van der Waals surface area contributed by atoms with Crippen LogP contribution < -0.4 is 15.8 Å². The van der Waals surface area contributed by atoms with Crippen molar-refractivity contribution in [3.63, 3.8) is 0 Å². The summed E-state index contributed by atoms with van der Waals surface area (Å²) in [6, 6.07) is 6.99. The number of rotatable bonds is 10. The summed E-state index contributed by atoms with van der Waals surface area (Å²) in [5.74, 6) is 0.441. The normalized spacial score (nSPS) is 16.0. The fraction of sp³-hybridized carbons (Fsp3) is 0.579. The summed E-state index contributed by atoms with van der Waals surface area (Å²) in [7, 11) is 0. The molecule has 2 rings (SSSR count). The highest BCUT2D eigenvalue weighted by Crippen LogP contribution is 2.16. The van der Waals surface area contributed by atoms with Crippen LogP contribution in [0.2, 0.25) is 0 Å². The van der Waals surface area contributed by atoms with Gasteiger partial charge < -0.3 is 20.5 Å². The van der Waals surface area contributed by atoms with Gasteiger partial charge in [-0.25, -0.2) is 0 Å². The van der Waals surface area contributed by atoms with E-state index in [-0.39, 0.29) is 11.7 Å². The first-order valence-corrected chi connectivity index (χ1v) is 9.29. The van der Waals surface area contributed by atoms with Crippen molar-refractivity contribution in [1.29, 1.82) is 5.41 Å². The van der Waals surface area contributed by atoms with Crippen LogP contribution in [0.3, 0.4) is 0 Å². The quantitative estimate of drug-likeness (QED) is 0.331. The maximum atomic E-state index is 12.5. The molecule has 0 spiro atoms. The standard InChI is InChI=1S/C19H30N4O3/c1-2-5-17(26-16-7-3-6-15(14-16)18(20)21)19(24)22-8-4-9-23-10-12-25-13-11-23/h3,6-7,14,17H,2,4-5,8-13H2,1H3,(H3,20,21)(H,22,24). The van der Waals surface area contributed by atoms with Gasteiger partial charge in [-0.05, 0) is 31.5 Å². The molecule has 7 nitrogen and oxygen atoms in total. The van der Waals surface area contributed by atoms with Crippen molar-refractivity contribution >= 4 is 11.7 Å². The summed E-state index contributed by atoms with van der Waals surface area (Å²) in [5, 5.41) is 10.5. The first-order chi connectivity index (χ1) is 12.6. The molecule has 1 aromatic rings. The summed E-state index contributed by atoms with van der Waals surface area (Å²) in [5.41, 5.74) is 6.10. The lowest BCUT2D eigenvalue weighted by atomic mass is 10.1. The highest BCUT2D eigenvalue weighted by atomic mass is 16.5. The molecule has 0 bridgehead atoms. The van der Waals surface area contributed by atoms with E-state index in [1.165, 1.54) is 0 Å². The molecule has 1 aromatic carbocycles. The van der Waals surface area contributed by atoms with Gasteiger partial charge in [0.2, 0.25) is 0 Å². The number of carbonyl (C=O) groups excluding carboxylic acids is 1. The van der Waals surface area contributed by atoms with Gasteiger partial charge in [-0.15, -0.1) is 0 Å². The predicted molar refractivity (Wildman–Crippen MR) is 102 cm³/mol. The molecular formula is C19H30N4O3. The van der Waals surface area contributed by atoms with E-state index in [4.69, 9.17) is 20.6 Å². The summed E-state index contributed by atoms with van der Waals surface area (Å²) in [6.07, 6.45) is 1.85. The highest BCUT2D eigenvalue weighted by molar-refractivity contribution is 5.95. The number of nitrogens with zero attached hydrogens (tertiary/aromatic N) is 1. The van der Waals surface area contributed by atoms with E-state index in [1.807, 2.05) is 6.92 Å². The molecule has 0 saturated carbocycles. The fourth-order valence-corrected chi connectivity index (χ4v) is 2.86. The van der Waals surface area contributed by atoms with Gasteiger partial charge in [0, 0.05) is 25.2 Å². The first kappa shape index (κ1) is 20.2. The fourth-order valence-electron chi connectivity index (χ4n) is 2.86. The summed E-state index contributed by atoms with van der Waals surface area (Å²) in [4.78, 5) is 14.8. The van der Waals surface area contributed by atoms with E-state index in [9.17, 15) is 4.79 Å². The van der Waals surface area contributed by atoms with E-state index >= 15 is 0 Å². The largest absolute Gasteiger partial charge is 0.481 e. The Bertz CT molecular complexity index is 588. The number of amides is 1. The number of ether oxygens (including phenoxy) is 2. The molecule has 1 heterocycles. The van der Waals surface area contributed by atoms with Gasteiger partial charge in [-0.2, -0.15) is 0 Å². The van der Waals surface area contributed by atoms with Crippen molar-refractivity contribution in [3.8, 4) is 5.75 Å². The number of nitrogens with one attached hydrogen (secondary N) is 2. The lowest BCUT2D eigenvalue weighted by Gasteiger charge is -2.26. The molecule has 144 valence electrons. The number of morpholine rings is 1. The third-order valence-corrected chi connectivity index (χ3v) is 4.32. The SMILES string of the molecule is CCCC(Oc1cccc(C(=N)N)c1)C(=O)NCCCN1CCOCC1. The number of nitrogens with two attached hydrogens (primary N) is 1. The van der Waals surface area contributed by atoms with Crippen molar-refractivity contribution < 1.29 is 14.3 Å². The summed E-state index contributed by atoms with van der Waals surface area (Å²) >= 11 is 0. The van der Waals surface area contributed by atoms with Crippen molar-refractivity contribution in [1.82, 2.24) is 10.2 Å². The van der Waals surface area contributed by atoms with Gasteiger partial charge in [0.25, 0.3) is 5.91 Å². The lowest BCUT2D eigenvalue weighted by Crippen LogP contribution is -2.41. The maximum absolute atomic E-state index is 12.5. The number of benzene rings is 1. The average molecular weight is 362 g/mol. The Labute approximate surface area is 155 Å². The van der Waals surface area contributed by atoms with Crippen LogP contribution in [-0.2, 0) is 9.53 Å². The molecule has 7 heteroatoms. The van der Waals surface area contributed by atoms with Crippen LogP contribution in [0.15, 0.2) is 24.3 Å². The molecule has 1 saturated heterocycles. The Balaban J connectivity index is 1.80. The minimum Gasteiger partial charge on any atom is -0.481 e. The lowest BCUT2D eigenvalue weighted by molar-refractivity contribution is -0.128. The van der Waals surface area contributed by atoms with E-state index < -0.39 is 6.10 Å². The molecule has 4 N–H and O–H groups in total. The second-order valence-electron chi connectivity index (χ2n) is 6.44. The second kappa shape index (κ2) is 10.8. The third kappa shape index (κ3) is 6.65. The first-order valence-electron chi connectivity index (χ1n) is 9.29. The molecule has 1 fully saturated rings. The van der Waals surface area contributed by atoms with E-state index in [1.54, 1.807) is 24.3 Å². The molecular weight excluding hydrogens is 332 g/mol. The van der Waals surface area contributed by atoms with Crippen LogP contribution in [-0.4, -0.2) is 62.1 Å². The third-order valence-electron chi connectivity index (χ3n) is 4.32. The minimum absolute atomic E-state index is 0.0185. The zero-order valence-electron chi connectivity index (χ0n) is 15.5. The van der Waals surface area contributed by atoms with Crippen molar-refractivity contribution in [2.24, 2.45) is 5.73 Å². The summed E-state index contributed by atoms with van der Waals surface area (Å²) < 4.78 is 11.2. The summed E-state index contributed by atoms with van der Waals surface area (Å²) in [6.45, 7) is 7.12. The Morgan fingerprint density at radius 2 is 2.19 bits per heavy atom. The molecule has 0 radical (unpaired) electrons. The monoisotopic (exact) mass is 362 g/mol. The van der Waals surface area contributed by atoms with Gasteiger partial charge in [0.05, 0.1) is 13.2 Å². The Hall–Kier alpha value is -2.12. The smallest absolute Gasteiger partial charge is 0.261 e. The van der Waals surface area contributed by atoms with Crippen LogP contribution in [0.5, 0.6) is 5.75 Å². The minimum atomic E-state index is -0.536. The van der Waals surface area contributed by atoms with Crippen molar-refractivity contribution in [2.75, 3.05) is 39.4 Å². The number of nitrogen functional groups attached to an aromatic ring is 1. The molecule has 0 aliphatic carbocycles. The maximum Gasteiger partial charge on any atom is 0.261 e. The topological polar surface area (TPSA) is 101 Å². The highest BCUT2D eigenvalue weighted by Gasteiger charge is 2.19. The number of carbonyl (C=O) groups is 1. The number of amidine groups is 1. The van der Waals surface area contributed by atoms with Crippen LogP contribution in [0, 0.1) is 5.41 Å². The predicted octanol–water partition coefficient (Wildman–Crippen LogP) is 1.36. The van der Waals surface area contributed by atoms with E-state index in [0.717, 1.165) is 45.7 Å². The van der Waals surface area contributed by atoms with Crippen molar-refractivity contribution in [2.45, 2.75) is 32.3 Å². The van der Waals surface area contributed by atoms with Crippen LogP contribution in [0.1, 0.15) is 31.7 Å². The molecule has 1 aliphatic heterocycles. The zero-order chi connectivity index (χ0) is 18.8. The Kier molecular flexibility index (Phi) is 8.37. The molecule has 1 unspecified atom stereocenters. The van der Waals surface area contributed by atoms with E-state index in [0.29, 0.717) is 24.3 Å². The van der Waals surface area contributed by atoms with Gasteiger partial charge >= 0.3 is 0 Å². The van der Waals surface area contributed by atoms with Gasteiger partial charge in [-0.1, -0.05) is 25.5 Å². The average Bonchev–Trinajstić information content (AvgIpc) is 2.66. The number of hydrogen-bond acceptors (Lipinski definition) is 5. The van der Waals surface area contributed by atoms with Crippen LogP contribution in [0.4, 0.5) is 0 Å². The molecule has 1 atom stereocenters. The van der Waals surface area contributed by atoms with Crippen LogP contribution >= 0.6 is 0 Å². The van der Waals surface area contributed by atoms with Crippen molar-refractivity contribution in [3.05, 3.63) is 29.8 Å². The molecule has 0 aromatic heterocycles. The second-order valence-corrected chi connectivity index (χ2v) is 6.44. The molecule has 1 amide bonds. The van der Waals surface area contributed by atoms with Crippen LogP contribution in [0.25, 0.3) is 0 Å². The van der Waals surface area contributed by atoms with Gasteiger partial charge in [0.15, 0.2) is 6.10 Å². The number of hydrogen-bond donors (Lipinski definition) is 3. The zero-order valence-corrected chi connectivity index (χ0v) is 15.5.